The molecule has 0 aliphatic carbocycles. The van der Waals surface area contributed by atoms with Crippen LogP contribution in [0.15, 0.2) is 48.5 Å². The molecule has 4 heteroatoms. The predicted octanol–water partition coefficient (Wildman–Crippen LogP) is 2.23. The van der Waals surface area contributed by atoms with Crippen LogP contribution in [0.25, 0.3) is 22.4 Å². The summed E-state index contributed by atoms with van der Waals surface area (Å²) in [5.41, 5.74) is 9.79. The fourth-order valence-electron chi connectivity index (χ4n) is 2.40. The van der Waals surface area contributed by atoms with E-state index in [4.69, 9.17) is 10.8 Å². The predicted molar refractivity (Wildman–Crippen MR) is 80.2 cm³/mol. The molecule has 20 heavy (non-hydrogen) atoms. The minimum absolute atomic E-state index is 0.0656. The second kappa shape index (κ2) is 5.07. The number of fused-ring (bicyclic) bond motifs is 1. The summed E-state index contributed by atoms with van der Waals surface area (Å²) >= 11 is 0. The average Bonchev–Trinajstić information content (AvgIpc) is 2.84. The first-order valence-electron chi connectivity index (χ1n) is 6.59. The topological polar surface area (TPSA) is 64.1 Å². The lowest BCUT2D eigenvalue weighted by Crippen LogP contribution is -2.14. The number of benzene rings is 2. The first-order chi connectivity index (χ1) is 9.70. The molecule has 3 rings (SSSR count). The van der Waals surface area contributed by atoms with Crippen LogP contribution in [0.1, 0.15) is 11.6 Å². The van der Waals surface area contributed by atoms with Gasteiger partial charge >= 0.3 is 0 Å². The molecule has 0 bridgehead atoms. The van der Waals surface area contributed by atoms with Crippen LogP contribution in [0, 0.1) is 0 Å². The van der Waals surface area contributed by atoms with Crippen LogP contribution < -0.4 is 5.73 Å². The molecule has 0 fully saturated rings. The SMILES string of the molecule is Cn1c(-c2ccccc2)nc2cc(C(N)CO)ccc21. The van der Waals surface area contributed by atoms with Crippen LogP contribution >= 0.6 is 0 Å². The van der Waals surface area contributed by atoms with E-state index in [-0.39, 0.29) is 12.6 Å². The maximum atomic E-state index is 9.15. The van der Waals surface area contributed by atoms with Gasteiger partial charge in [-0.25, -0.2) is 4.98 Å². The van der Waals surface area contributed by atoms with E-state index in [9.17, 15) is 0 Å². The molecule has 1 heterocycles. The zero-order valence-corrected chi connectivity index (χ0v) is 11.3. The average molecular weight is 267 g/mol. The fraction of sp³-hybridized carbons (Fsp3) is 0.188. The van der Waals surface area contributed by atoms with Gasteiger partial charge in [0.05, 0.1) is 23.7 Å². The van der Waals surface area contributed by atoms with Crippen LogP contribution in [0.5, 0.6) is 0 Å². The number of imidazole rings is 1. The van der Waals surface area contributed by atoms with E-state index in [0.717, 1.165) is 28.0 Å². The Kier molecular flexibility index (Phi) is 3.26. The second-order valence-corrected chi connectivity index (χ2v) is 4.90. The molecule has 3 N–H and O–H groups in total. The van der Waals surface area contributed by atoms with Crippen molar-refractivity contribution in [1.29, 1.82) is 0 Å². The second-order valence-electron chi connectivity index (χ2n) is 4.90. The van der Waals surface area contributed by atoms with E-state index in [1.807, 2.05) is 55.6 Å². The Labute approximate surface area is 117 Å². The summed E-state index contributed by atoms with van der Waals surface area (Å²) in [7, 11) is 2.00. The molecular formula is C16H17N3O. The summed E-state index contributed by atoms with van der Waals surface area (Å²) in [5.74, 6) is 0.926. The number of hydrogen-bond donors (Lipinski definition) is 2. The van der Waals surface area contributed by atoms with Gasteiger partial charge in [-0.15, -0.1) is 0 Å². The Bertz CT molecular complexity index is 734. The highest BCUT2D eigenvalue weighted by Crippen LogP contribution is 2.25. The Morgan fingerprint density at radius 3 is 2.65 bits per heavy atom. The number of aliphatic hydroxyl groups excluding tert-OH is 1. The Balaban J connectivity index is 2.15. The van der Waals surface area contributed by atoms with Crippen molar-refractivity contribution in [3.63, 3.8) is 0 Å². The molecule has 1 atom stereocenters. The number of rotatable bonds is 3. The summed E-state index contributed by atoms with van der Waals surface area (Å²) in [4.78, 5) is 4.69. The largest absolute Gasteiger partial charge is 0.394 e. The molecule has 102 valence electrons. The lowest BCUT2D eigenvalue weighted by molar-refractivity contribution is 0.268. The molecule has 2 aromatic carbocycles. The number of aryl methyl sites for hydroxylation is 1. The van der Waals surface area contributed by atoms with Crippen molar-refractivity contribution in [2.24, 2.45) is 12.8 Å². The van der Waals surface area contributed by atoms with Crippen molar-refractivity contribution in [3.05, 3.63) is 54.1 Å². The first-order valence-corrected chi connectivity index (χ1v) is 6.59. The van der Waals surface area contributed by atoms with E-state index in [1.54, 1.807) is 0 Å². The number of aliphatic hydroxyl groups is 1. The summed E-state index contributed by atoms with van der Waals surface area (Å²) in [6.45, 7) is -0.0656. The quantitative estimate of drug-likeness (QED) is 0.765. The third-order valence-corrected chi connectivity index (χ3v) is 3.56. The third kappa shape index (κ3) is 2.09. The zero-order valence-electron chi connectivity index (χ0n) is 11.3. The number of hydrogen-bond acceptors (Lipinski definition) is 3. The minimum Gasteiger partial charge on any atom is -0.394 e. The van der Waals surface area contributed by atoms with Crippen LogP contribution in [-0.2, 0) is 7.05 Å². The number of nitrogens with two attached hydrogens (primary N) is 1. The van der Waals surface area contributed by atoms with Gasteiger partial charge in [-0.05, 0) is 17.7 Å². The van der Waals surface area contributed by atoms with Crippen molar-refractivity contribution in [2.45, 2.75) is 6.04 Å². The highest BCUT2D eigenvalue weighted by molar-refractivity contribution is 5.81. The lowest BCUT2D eigenvalue weighted by atomic mass is 10.1. The molecule has 0 spiro atoms. The van der Waals surface area contributed by atoms with Gasteiger partial charge in [0.15, 0.2) is 0 Å². The molecule has 1 unspecified atom stereocenters. The molecule has 4 nitrogen and oxygen atoms in total. The van der Waals surface area contributed by atoms with Crippen LogP contribution in [0.4, 0.5) is 0 Å². The van der Waals surface area contributed by atoms with E-state index >= 15 is 0 Å². The standard InChI is InChI=1S/C16H17N3O/c1-19-15-8-7-12(13(17)10-20)9-14(15)18-16(19)11-5-3-2-4-6-11/h2-9,13,20H,10,17H2,1H3. The van der Waals surface area contributed by atoms with Gasteiger partial charge in [0.1, 0.15) is 5.82 Å². The van der Waals surface area contributed by atoms with E-state index in [0.29, 0.717) is 0 Å². The lowest BCUT2D eigenvalue weighted by Gasteiger charge is -2.07. The van der Waals surface area contributed by atoms with Crippen molar-refractivity contribution >= 4 is 11.0 Å². The zero-order chi connectivity index (χ0) is 14.1. The number of nitrogens with zero attached hydrogens (tertiary/aromatic N) is 2. The van der Waals surface area contributed by atoms with Gasteiger partial charge in [-0.1, -0.05) is 36.4 Å². The molecular weight excluding hydrogens is 250 g/mol. The van der Waals surface area contributed by atoms with Crippen LogP contribution in [0.2, 0.25) is 0 Å². The molecule has 0 aliphatic heterocycles. The summed E-state index contributed by atoms with van der Waals surface area (Å²) < 4.78 is 2.07. The van der Waals surface area contributed by atoms with Gasteiger partial charge in [0.25, 0.3) is 0 Å². The van der Waals surface area contributed by atoms with E-state index in [1.165, 1.54) is 0 Å². The summed E-state index contributed by atoms with van der Waals surface area (Å²) in [6.07, 6.45) is 0. The maximum Gasteiger partial charge on any atom is 0.140 e. The molecule has 0 saturated carbocycles. The summed E-state index contributed by atoms with van der Waals surface area (Å²) in [6, 6.07) is 15.6. The molecule has 0 saturated heterocycles. The highest BCUT2D eigenvalue weighted by Gasteiger charge is 2.12. The molecule has 0 radical (unpaired) electrons. The molecule has 0 aliphatic rings. The molecule has 3 aromatic rings. The number of aromatic nitrogens is 2. The first kappa shape index (κ1) is 12.8. The Morgan fingerprint density at radius 1 is 1.20 bits per heavy atom. The normalized spacial score (nSPS) is 12.8. The van der Waals surface area contributed by atoms with E-state index in [2.05, 4.69) is 9.55 Å². The van der Waals surface area contributed by atoms with Crippen LogP contribution in [0.3, 0.4) is 0 Å². The van der Waals surface area contributed by atoms with Crippen molar-refractivity contribution < 1.29 is 5.11 Å². The van der Waals surface area contributed by atoms with Gasteiger partial charge in [-0.3, -0.25) is 0 Å². The minimum atomic E-state index is -0.360. The van der Waals surface area contributed by atoms with Crippen molar-refractivity contribution in [3.8, 4) is 11.4 Å². The smallest absolute Gasteiger partial charge is 0.140 e. The van der Waals surface area contributed by atoms with Gasteiger partial charge in [0.2, 0.25) is 0 Å². The Hall–Kier alpha value is -2.17. The molecule has 1 aromatic heterocycles. The van der Waals surface area contributed by atoms with Gasteiger partial charge < -0.3 is 15.4 Å². The Morgan fingerprint density at radius 2 is 1.95 bits per heavy atom. The third-order valence-electron chi connectivity index (χ3n) is 3.56. The van der Waals surface area contributed by atoms with Crippen molar-refractivity contribution in [1.82, 2.24) is 9.55 Å². The van der Waals surface area contributed by atoms with Crippen molar-refractivity contribution in [2.75, 3.05) is 6.61 Å². The highest BCUT2D eigenvalue weighted by atomic mass is 16.3. The fourth-order valence-corrected chi connectivity index (χ4v) is 2.40. The van der Waals surface area contributed by atoms with Gasteiger partial charge in [0, 0.05) is 12.6 Å². The van der Waals surface area contributed by atoms with E-state index < -0.39 is 0 Å². The maximum absolute atomic E-state index is 9.15. The summed E-state index contributed by atoms with van der Waals surface area (Å²) in [5, 5.41) is 9.15. The van der Waals surface area contributed by atoms with Crippen LogP contribution in [-0.4, -0.2) is 21.3 Å². The van der Waals surface area contributed by atoms with Gasteiger partial charge in [-0.2, -0.15) is 0 Å². The monoisotopic (exact) mass is 267 g/mol. The molecule has 0 amide bonds.